The Morgan fingerprint density at radius 1 is 1.22 bits per heavy atom. The maximum atomic E-state index is 12.7. The standard InChI is InChI=1S/C18H21BrN2OS/c1-14-13-15(19)4-5-17(14)18(22)21-10-8-20(9-11-21)7-6-16-3-2-12-23-16/h2-5,12-13H,6-11H2,1H3. The third-order valence-corrected chi connectivity index (χ3v) is 5.76. The third-order valence-electron chi connectivity index (χ3n) is 4.33. The molecule has 2 aromatic rings. The number of amides is 1. The molecule has 0 unspecified atom stereocenters. The number of carbonyl (C=O) groups is 1. The number of nitrogens with zero attached hydrogens (tertiary/aromatic N) is 2. The SMILES string of the molecule is Cc1cc(Br)ccc1C(=O)N1CCN(CCc2cccs2)CC1. The maximum absolute atomic E-state index is 12.7. The van der Waals surface area contributed by atoms with Crippen molar-refractivity contribution in [3.05, 3.63) is 56.2 Å². The highest BCUT2D eigenvalue weighted by atomic mass is 79.9. The van der Waals surface area contributed by atoms with Gasteiger partial charge >= 0.3 is 0 Å². The molecule has 1 aliphatic rings. The fourth-order valence-corrected chi connectivity index (χ4v) is 4.11. The van der Waals surface area contributed by atoms with Crippen LogP contribution >= 0.6 is 27.3 Å². The Morgan fingerprint density at radius 2 is 2.00 bits per heavy atom. The molecular weight excluding hydrogens is 372 g/mol. The van der Waals surface area contributed by atoms with Crippen molar-refractivity contribution in [3.8, 4) is 0 Å². The summed E-state index contributed by atoms with van der Waals surface area (Å²) >= 11 is 5.27. The molecule has 1 saturated heterocycles. The summed E-state index contributed by atoms with van der Waals surface area (Å²) in [5.41, 5.74) is 1.85. The largest absolute Gasteiger partial charge is 0.336 e. The number of carbonyl (C=O) groups excluding carboxylic acids is 1. The summed E-state index contributed by atoms with van der Waals surface area (Å²) in [5.74, 6) is 0.160. The van der Waals surface area contributed by atoms with Crippen LogP contribution in [0, 0.1) is 6.92 Å². The molecule has 3 rings (SSSR count). The summed E-state index contributed by atoms with van der Waals surface area (Å²) in [6.45, 7) is 6.64. The van der Waals surface area contributed by atoms with E-state index in [1.807, 2.05) is 41.4 Å². The van der Waals surface area contributed by atoms with Crippen LogP contribution in [0.4, 0.5) is 0 Å². The van der Waals surface area contributed by atoms with E-state index in [2.05, 4.69) is 38.3 Å². The van der Waals surface area contributed by atoms with Crippen LogP contribution < -0.4 is 0 Å². The van der Waals surface area contributed by atoms with Crippen molar-refractivity contribution in [1.29, 1.82) is 0 Å². The molecule has 122 valence electrons. The Hall–Kier alpha value is -1.17. The smallest absolute Gasteiger partial charge is 0.254 e. The van der Waals surface area contributed by atoms with Gasteiger partial charge in [0.05, 0.1) is 0 Å². The van der Waals surface area contributed by atoms with Gasteiger partial charge in [-0.3, -0.25) is 9.69 Å². The van der Waals surface area contributed by atoms with Gasteiger partial charge in [0.15, 0.2) is 0 Å². The monoisotopic (exact) mass is 392 g/mol. The number of hydrogen-bond acceptors (Lipinski definition) is 3. The van der Waals surface area contributed by atoms with Crippen LogP contribution in [0.1, 0.15) is 20.8 Å². The minimum atomic E-state index is 0.160. The van der Waals surface area contributed by atoms with E-state index in [1.54, 1.807) is 0 Å². The summed E-state index contributed by atoms with van der Waals surface area (Å²) in [5, 5.41) is 2.13. The molecular formula is C18H21BrN2OS. The Morgan fingerprint density at radius 3 is 2.65 bits per heavy atom. The van der Waals surface area contributed by atoms with Gasteiger partial charge in [-0.25, -0.2) is 0 Å². The molecule has 1 aromatic heterocycles. The molecule has 1 fully saturated rings. The zero-order valence-corrected chi connectivity index (χ0v) is 15.7. The number of benzene rings is 1. The fraction of sp³-hybridized carbons (Fsp3) is 0.389. The molecule has 1 aliphatic heterocycles. The Balaban J connectivity index is 1.53. The summed E-state index contributed by atoms with van der Waals surface area (Å²) in [6.07, 6.45) is 1.11. The van der Waals surface area contributed by atoms with Gasteiger partial charge in [-0.2, -0.15) is 0 Å². The number of rotatable bonds is 4. The Kier molecular flexibility index (Phi) is 5.51. The lowest BCUT2D eigenvalue weighted by Crippen LogP contribution is -2.49. The van der Waals surface area contributed by atoms with Crippen molar-refractivity contribution in [2.45, 2.75) is 13.3 Å². The summed E-state index contributed by atoms with van der Waals surface area (Å²) in [6, 6.07) is 10.2. The van der Waals surface area contributed by atoms with Crippen molar-refractivity contribution in [2.24, 2.45) is 0 Å². The number of halogens is 1. The second kappa shape index (κ2) is 7.60. The van der Waals surface area contributed by atoms with Gasteiger partial charge in [-0.05, 0) is 48.6 Å². The maximum Gasteiger partial charge on any atom is 0.254 e. The van der Waals surface area contributed by atoms with E-state index in [-0.39, 0.29) is 5.91 Å². The average molecular weight is 393 g/mol. The molecule has 0 radical (unpaired) electrons. The topological polar surface area (TPSA) is 23.6 Å². The summed E-state index contributed by atoms with van der Waals surface area (Å²) in [7, 11) is 0. The van der Waals surface area contributed by atoms with Crippen molar-refractivity contribution < 1.29 is 4.79 Å². The average Bonchev–Trinajstić information content (AvgIpc) is 3.06. The predicted molar refractivity (Wildman–Crippen MR) is 99.2 cm³/mol. The molecule has 1 aromatic carbocycles. The number of aryl methyl sites for hydroxylation is 1. The van der Waals surface area contributed by atoms with E-state index in [4.69, 9.17) is 0 Å². The van der Waals surface area contributed by atoms with E-state index in [0.717, 1.165) is 54.7 Å². The lowest BCUT2D eigenvalue weighted by atomic mass is 10.1. The Labute approximate surface area is 150 Å². The molecule has 0 saturated carbocycles. The van der Waals surface area contributed by atoms with Crippen LogP contribution in [-0.2, 0) is 6.42 Å². The first kappa shape index (κ1) is 16.7. The lowest BCUT2D eigenvalue weighted by Gasteiger charge is -2.35. The zero-order valence-electron chi connectivity index (χ0n) is 13.3. The van der Waals surface area contributed by atoms with Crippen LogP contribution in [0.25, 0.3) is 0 Å². The van der Waals surface area contributed by atoms with Crippen molar-refractivity contribution in [3.63, 3.8) is 0 Å². The van der Waals surface area contributed by atoms with Crippen LogP contribution in [0.3, 0.4) is 0 Å². The van der Waals surface area contributed by atoms with E-state index in [9.17, 15) is 4.79 Å². The van der Waals surface area contributed by atoms with Crippen molar-refractivity contribution in [2.75, 3.05) is 32.7 Å². The van der Waals surface area contributed by atoms with Gasteiger partial charge in [-0.1, -0.05) is 22.0 Å². The molecule has 0 bridgehead atoms. The molecule has 0 aliphatic carbocycles. The predicted octanol–water partition coefficient (Wildman–Crippen LogP) is 3.82. The molecule has 3 nitrogen and oxygen atoms in total. The van der Waals surface area contributed by atoms with Gasteiger partial charge in [0, 0.05) is 47.6 Å². The molecule has 0 N–H and O–H groups in total. The molecule has 23 heavy (non-hydrogen) atoms. The first-order chi connectivity index (χ1) is 11.1. The number of hydrogen-bond donors (Lipinski definition) is 0. The molecule has 0 spiro atoms. The highest BCUT2D eigenvalue weighted by molar-refractivity contribution is 9.10. The summed E-state index contributed by atoms with van der Waals surface area (Å²) in [4.78, 5) is 18.6. The molecule has 1 amide bonds. The molecule has 0 atom stereocenters. The number of piperazine rings is 1. The van der Waals surface area contributed by atoms with Crippen LogP contribution in [0.2, 0.25) is 0 Å². The minimum Gasteiger partial charge on any atom is -0.336 e. The zero-order chi connectivity index (χ0) is 16.2. The van der Waals surface area contributed by atoms with Crippen LogP contribution in [-0.4, -0.2) is 48.4 Å². The van der Waals surface area contributed by atoms with E-state index in [1.165, 1.54) is 4.88 Å². The number of thiophene rings is 1. The lowest BCUT2D eigenvalue weighted by molar-refractivity contribution is 0.0638. The quantitative estimate of drug-likeness (QED) is 0.789. The minimum absolute atomic E-state index is 0.160. The first-order valence-electron chi connectivity index (χ1n) is 7.93. The summed E-state index contributed by atoms with van der Waals surface area (Å²) < 4.78 is 1.02. The third kappa shape index (κ3) is 4.22. The van der Waals surface area contributed by atoms with E-state index < -0.39 is 0 Å². The highest BCUT2D eigenvalue weighted by Gasteiger charge is 2.22. The van der Waals surface area contributed by atoms with Gasteiger partial charge in [0.2, 0.25) is 0 Å². The normalized spacial score (nSPS) is 15.8. The fourth-order valence-electron chi connectivity index (χ4n) is 2.94. The van der Waals surface area contributed by atoms with E-state index >= 15 is 0 Å². The first-order valence-corrected chi connectivity index (χ1v) is 9.61. The van der Waals surface area contributed by atoms with Crippen molar-refractivity contribution in [1.82, 2.24) is 9.80 Å². The van der Waals surface area contributed by atoms with E-state index in [0.29, 0.717) is 0 Å². The van der Waals surface area contributed by atoms with Crippen molar-refractivity contribution >= 4 is 33.2 Å². The van der Waals surface area contributed by atoms with Gasteiger partial charge < -0.3 is 4.90 Å². The second-order valence-corrected chi connectivity index (χ2v) is 7.87. The van der Waals surface area contributed by atoms with Crippen LogP contribution in [0.15, 0.2) is 40.2 Å². The van der Waals surface area contributed by atoms with Gasteiger partial charge in [0.25, 0.3) is 5.91 Å². The van der Waals surface area contributed by atoms with Gasteiger partial charge in [0.1, 0.15) is 0 Å². The highest BCUT2D eigenvalue weighted by Crippen LogP contribution is 2.18. The molecule has 2 heterocycles. The Bertz CT molecular complexity index is 664. The molecule has 5 heteroatoms. The second-order valence-electron chi connectivity index (χ2n) is 5.92. The van der Waals surface area contributed by atoms with Crippen LogP contribution in [0.5, 0.6) is 0 Å². The van der Waals surface area contributed by atoms with Gasteiger partial charge in [-0.15, -0.1) is 11.3 Å².